The van der Waals surface area contributed by atoms with Gasteiger partial charge in [-0.1, -0.05) is 25.2 Å². The first-order valence-electron chi connectivity index (χ1n) is 3.45. The largest absolute Gasteiger partial charge is 0.374 e. The predicted molar refractivity (Wildman–Crippen MR) is 46.1 cm³/mol. The van der Waals surface area contributed by atoms with E-state index < -0.39 is 0 Å². The van der Waals surface area contributed by atoms with E-state index in [1.54, 1.807) is 0 Å². The van der Waals surface area contributed by atoms with Crippen LogP contribution in [0.1, 0.15) is 24.9 Å². The summed E-state index contributed by atoms with van der Waals surface area (Å²) < 4.78 is 0. The molecule has 1 atom stereocenters. The van der Waals surface area contributed by atoms with Crippen molar-refractivity contribution in [2.75, 3.05) is 5.73 Å². The maximum Gasteiger partial charge on any atom is 0.203 e. The van der Waals surface area contributed by atoms with Crippen molar-refractivity contribution in [1.29, 1.82) is 0 Å². The van der Waals surface area contributed by atoms with Gasteiger partial charge in [0.05, 0.1) is 6.04 Å². The Kier molecular flexibility index (Phi) is 2.41. The van der Waals surface area contributed by atoms with E-state index in [-0.39, 0.29) is 6.04 Å². The lowest BCUT2D eigenvalue weighted by Crippen LogP contribution is -2.16. The van der Waals surface area contributed by atoms with Crippen molar-refractivity contribution < 1.29 is 0 Å². The Hall–Kier alpha value is -0.680. The Morgan fingerprint density at radius 1 is 1.36 bits per heavy atom. The fourth-order valence-electron chi connectivity index (χ4n) is 0.666. The number of nitrogen functional groups attached to an aromatic ring is 1. The fourth-order valence-corrected chi connectivity index (χ4v) is 1.45. The highest BCUT2D eigenvalue weighted by Crippen LogP contribution is 2.22. The maximum atomic E-state index is 5.80. The molecule has 4 nitrogen and oxygen atoms in total. The van der Waals surface area contributed by atoms with Crippen molar-refractivity contribution in [3.63, 3.8) is 0 Å². The van der Waals surface area contributed by atoms with Crippen molar-refractivity contribution in [3.05, 3.63) is 5.01 Å². The third-order valence-electron chi connectivity index (χ3n) is 1.46. The lowest BCUT2D eigenvalue weighted by Gasteiger charge is -2.10. The van der Waals surface area contributed by atoms with Crippen LogP contribution in [0.2, 0.25) is 0 Å². The highest BCUT2D eigenvalue weighted by atomic mass is 32.1. The molecule has 0 amide bonds. The van der Waals surface area contributed by atoms with Gasteiger partial charge in [0, 0.05) is 0 Å². The summed E-state index contributed by atoms with van der Waals surface area (Å²) >= 11 is 1.35. The minimum absolute atomic E-state index is 0.0372. The van der Waals surface area contributed by atoms with Gasteiger partial charge in [0.1, 0.15) is 5.01 Å². The molecule has 62 valence electrons. The average molecular weight is 172 g/mol. The molecule has 0 saturated heterocycles. The Bertz CT molecular complexity index is 232. The normalized spacial score (nSPS) is 13.8. The van der Waals surface area contributed by atoms with E-state index in [1.807, 2.05) is 13.8 Å². The van der Waals surface area contributed by atoms with Crippen molar-refractivity contribution in [3.8, 4) is 0 Å². The zero-order chi connectivity index (χ0) is 8.43. The molecule has 1 aromatic rings. The van der Waals surface area contributed by atoms with E-state index in [0.29, 0.717) is 11.0 Å². The monoisotopic (exact) mass is 172 g/mol. The van der Waals surface area contributed by atoms with Gasteiger partial charge in [0.2, 0.25) is 5.13 Å². The molecule has 0 bridgehead atoms. The molecule has 0 saturated carbocycles. The maximum absolute atomic E-state index is 5.80. The molecule has 4 N–H and O–H groups in total. The first kappa shape index (κ1) is 8.42. The molecule has 1 heterocycles. The van der Waals surface area contributed by atoms with E-state index in [0.717, 1.165) is 5.01 Å². The van der Waals surface area contributed by atoms with Crippen LogP contribution in [-0.2, 0) is 0 Å². The van der Waals surface area contributed by atoms with Crippen molar-refractivity contribution >= 4 is 16.5 Å². The Morgan fingerprint density at radius 2 is 2.00 bits per heavy atom. The molecule has 1 aromatic heterocycles. The average Bonchev–Trinajstić information content (AvgIpc) is 2.34. The number of anilines is 1. The van der Waals surface area contributed by atoms with Crippen LogP contribution in [0, 0.1) is 5.92 Å². The van der Waals surface area contributed by atoms with Crippen LogP contribution in [0.4, 0.5) is 5.13 Å². The molecule has 5 heteroatoms. The van der Waals surface area contributed by atoms with E-state index in [2.05, 4.69) is 10.2 Å². The summed E-state index contributed by atoms with van der Waals surface area (Å²) in [5.74, 6) is 0.377. The number of hydrogen-bond donors (Lipinski definition) is 2. The zero-order valence-electron chi connectivity index (χ0n) is 6.61. The van der Waals surface area contributed by atoms with Gasteiger partial charge in [-0.2, -0.15) is 0 Å². The molecule has 0 aliphatic carbocycles. The topological polar surface area (TPSA) is 77.8 Å². The summed E-state index contributed by atoms with van der Waals surface area (Å²) in [6.45, 7) is 4.09. The summed E-state index contributed by atoms with van der Waals surface area (Å²) in [4.78, 5) is 0. The SMILES string of the molecule is CC(C)[C@@H](N)c1nnc(N)s1. The summed E-state index contributed by atoms with van der Waals surface area (Å²) in [6.07, 6.45) is 0. The molecule has 1 rings (SSSR count). The van der Waals surface area contributed by atoms with Gasteiger partial charge in [-0.3, -0.25) is 0 Å². The van der Waals surface area contributed by atoms with E-state index >= 15 is 0 Å². The highest BCUT2D eigenvalue weighted by Gasteiger charge is 2.14. The van der Waals surface area contributed by atoms with Crippen molar-refractivity contribution in [1.82, 2.24) is 10.2 Å². The fraction of sp³-hybridized carbons (Fsp3) is 0.667. The quantitative estimate of drug-likeness (QED) is 0.691. The van der Waals surface area contributed by atoms with Gasteiger partial charge < -0.3 is 11.5 Å². The Morgan fingerprint density at radius 3 is 2.36 bits per heavy atom. The van der Waals surface area contributed by atoms with Gasteiger partial charge in [-0.15, -0.1) is 10.2 Å². The number of hydrogen-bond acceptors (Lipinski definition) is 5. The summed E-state index contributed by atoms with van der Waals surface area (Å²) in [5, 5.41) is 8.84. The van der Waals surface area contributed by atoms with Crippen molar-refractivity contribution in [2.24, 2.45) is 11.7 Å². The second-order valence-electron chi connectivity index (χ2n) is 2.75. The molecular formula is C6H12N4S. The van der Waals surface area contributed by atoms with Crippen LogP contribution in [-0.4, -0.2) is 10.2 Å². The number of aromatic nitrogens is 2. The van der Waals surface area contributed by atoms with Crippen LogP contribution in [0.3, 0.4) is 0 Å². The lowest BCUT2D eigenvalue weighted by molar-refractivity contribution is 0.509. The highest BCUT2D eigenvalue weighted by molar-refractivity contribution is 7.15. The molecule has 0 spiro atoms. The molecule has 0 aromatic carbocycles. The first-order chi connectivity index (χ1) is 5.11. The van der Waals surface area contributed by atoms with Crippen LogP contribution in [0.15, 0.2) is 0 Å². The number of nitrogens with two attached hydrogens (primary N) is 2. The Balaban J connectivity index is 2.76. The van der Waals surface area contributed by atoms with Crippen LogP contribution in [0.5, 0.6) is 0 Å². The molecule has 0 fully saturated rings. The molecule has 0 aliphatic heterocycles. The second kappa shape index (κ2) is 3.15. The van der Waals surface area contributed by atoms with Gasteiger partial charge in [0.15, 0.2) is 0 Å². The summed E-state index contributed by atoms with van der Waals surface area (Å²) in [6, 6.07) is -0.0372. The van der Waals surface area contributed by atoms with Gasteiger partial charge in [-0.05, 0) is 5.92 Å². The first-order valence-corrected chi connectivity index (χ1v) is 4.27. The molecule has 0 unspecified atom stereocenters. The number of rotatable bonds is 2. The minimum Gasteiger partial charge on any atom is -0.374 e. The third-order valence-corrected chi connectivity index (χ3v) is 2.31. The third kappa shape index (κ3) is 1.87. The smallest absolute Gasteiger partial charge is 0.203 e. The number of nitrogens with zero attached hydrogens (tertiary/aromatic N) is 2. The molecular weight excluding hydrogens is 160 g/mol. The van der Waals surface area contributed by atoms with Crippen molar-refractivity contribution in [2.45, 2.75) is 19.9 Å². The van der Waals surface area contributed by atoms with E-state index in [4.69, 9.17) is 11.5 Å². The summed E-state index contributed by atoms with van der Waals surface area (Å²) in [5.41, 5.74) is 11.2. The second-order valence-corrected chi connectivity index (χ2v) is 3.79. The molecule has 0 radical (unpaired) electrons. The van der Waals surface area contributed by atoms with E-state index in [1.165, 1.54) is 11.3 Å². The lowest BCUT2D eigenvalue weighted by atomic mass is 10.1. The van der Waals surface area contributed by atoms with Gasteiger partial charge >= 0.3 is 0 Å². The standard InChI is InChI=1S/C6H12N4S/c1-3(2)4(7)5-9-10-6(8)11-5/h3-4H,7H2,1-2H3,(H2,8,10)/t4-/m1/s1. The molecule has 11 heavy (non-hydrogen) atoms. The van der Waals surface area contributed by atoms with Crippen LogP contribution >= 0.6 is 11.3 Å². The van der Waals surface area contributed by atoms with Gasteiger partial charge in [0.25, 0.3) is 0 Å². The van der Waals surface area contributed by atoms with E-state index in [9.17, 15) is 0 Å². The van der Waals surface area contributed by atoms with Crippen LogP contribution in [0.25, 0.3) is 0 Å². The van der Waals surface area contributed by atoms with Crippen LogP contribution < -0.4 is 11.5 Å². The van der Waals surface area contributed by atoms with Gasteiger partial charge in [-0.25, -0.2) is 0 Å². The Labute approximate surface area is 69.6 Å². The zero-order valence-corrected chi connectivity index (χ0v) is 7.43. The molecule has 0 aliphatic rings. The summed E-state index contributed by atoms with van der Waals surface area (Å²) in [7, 11) is 0. The predicted octanol–water partition coefficient (Wildman–Crippen LogP) is 0.776. The minimum atomic E-state index is -0.0372.